The third-order valence-corrected chi connectivity index (χ3v) is 2.25. The fourth-order valence-electron chi connectivity index (χ4n) is 1.45. The second-order valence-electron chi connectivity index (χ2n) is 3.42. The first-order valence-electron chi connectivity index (χ1n) is 5.00. The highest BCUT2D eigenvalue weighted by atomic mass is 19.1. The van der Waals surface area contributed by atoms with Crippen LogP contribution in [-0.4, -0.2) is 42.2 Å². The van der Waals surface area contributed by atoms with E-state index in [1.807, 2.05) is 0 Å². The van der Waals surface area contributed by atoms with Gasteiger partial charge in [-0.3, -0.25) is 4.98 Å². The Bertz CT molecular complexity index is 380. The molecular weight excluding hydrogens is 213 g/mol. The van der Waals surface area contributed by atoms with Crippen LogP contribution in [0, 0.1) is 5.82 Å². The summed E-state index contributed by atoms with van der Waals surface area (Å²) in [6.07, 6.45) is 2.49. The largest absolute Gasteiger partial charge is 0.378 e. The van der Waals surface area contributed by atoms with Crippen LogP contribution in [0.5, 0.6) is 0 Å². The van der Waals surface area contributed by atoms with Crippen molar-refractivity contribution in [2.24, 2.45) is 0 Å². The molecule has 0 atom stereocenters. The normalized spacial score (nSPS) is 15.9. The molecule has 2 rings (SSSR count). The molecule has 0 aromatic carbocycles. The Morgan fingerprint density at radius 1 is 1.44 bits per heavy atom. The zero-order valence-corrected chi connectivity index (χ0v) is 8.65. The van der Waals surface area contributed by atoms with E-state index in [1.54, 1.807) is 4.90 Å². The highest BCUT2D eigenvalue weighted by molar-refractivity contribution is 5.89. The number of morpholine rings is 1. The third-order valence-electron chi connectivity index (χ3n) is 2.25. The maximum atomic E-state index is 12.8. The van der Waals surface area contributed by atoms with Crippen molar-refractivity contribution in [2.45, 2.75) is 0 Å². The summed E-state index contributed by atoms with van der Waals surface area (Å²) in [6.45, 7) is 2.17. The molecule has 1 saturated heterocycles. The van der Waals surface area contributed by atoms with Crippen LogP contribution < -0.4 is 5.32 Å². The minimum Gasteiger partial charge on any atom is -0.378 e. The smallest absolute Gasteiger partial charge is 0.322 e. The zero-order chi connectivity index (χ0) is 11.4. The first-order valence-corrected chi connectivity index (χ1v) is 5.00. The summed E-state index contributed by atoms with van der Waals surface area (Å²) in [7, 11) is 0. The van der Waals surface area contributed by atoms with Crippen LogP contribution in [0.25, 0.3) is 0 Å². The van der Waals surface area contributed by atoms with Crippen molar-refractivity contribution in [3.63, 3.8) is 0 Å². The quantitative estimate of drug-likeness (QED) is 0.778. The summed E-state index contributed by atoms with van der Waals surface area (Å²) in [5, 5.41) is 2.58. The fourth-order valence-corrected chi connectivity index (χ4v) is 1.45. The van der Waals surface area contributed by atoms with Gasteiger partial charge in [0.05, 0.1) is 31.3 Å². The van der Waals surface area contributed by atoms with Crippen molar-refractivity contribution in [3.8, 4) is 0 Å². The molecule has 1 aliphatic heterocycles. The van der Waals surface area contributed by atoms with Crippen LogP contribution in [0.3, 0.4) is 0 Å². The number of amides is 2. The second-order valence-corrected chi connectivity index (χ2v) is 3.42. The molecule has 0 saturated carbocycles. The number of anilines is 1. The van der Waals surface area contributed by atoms with Crippen LogP contribution >= 0.6 is 0 Å². The number of carbonyl (C=O) groups excluding carboxylic acids is 1. The monoisotopic (exact) mass is 225 g/mol. The molecular formula is C10H12FN3O2. The molecule has 1 N–H and O–H groups in total. The molecule has 86 valence electrons. The van der Waals surface area contributed by atoms with Crippen molar-refractivity contribution >= 4 is 11.7 Å². The number of urea groups is 1. The average molecular weight is 225 g/mol. The summed E-state index contributed by atoms with van der Waals surface area (Å²) in [4.78, 5) is 17.0. The topological polar surface area (TPSA) is 54.5 Å². The van der Waals surface area contributed by atoms with Crippen LogP contribution in [0.4, 0.5) is 14.9 Å². The van der Waals surface area contributed by atoms with Gasteiger partial charge >= 0.3 is 6.03 Å². The first kappa shape index (κ1) is 10.8. The van der Waals surface area contributed by atoms with Crippen LogP contribution in [0.15, 0.2) is 18.5 Å². The number of carbonyl (C=O) groups is 1. The number of ether oxygens (including phenoxy) is 1. The van der Waals surface area contributed by atoms with E-state index >= 15 is 0 Å². The Morgan fingerprint density at radius 2 is 2.19 bits per heavy atom. The predicted molar refractivity (Wildman–Crippen MR) is 55.6 cm³/mol. The molecule has 2 amide bonds. The van der Waals surface area contributed by atoms with E-state index in [-0.39, 0.29) is 6.03 Å². The Labute approximate surface area is 92.2 Å². The van der Waals surface area contributed by atoms with Gasteiger partial charge in [0.2, 0.25) is 0 Å². The molecule has 1 aromatic heterocycles. The Kier molecular flexibility index (Phi) is 3.31. The molecule has 1 aromatic rings. The molecule has 5 nitrogen and oxygen atoms in total. The van der Waals surface area contributed by atoms with Gasteiger partial charge in [-0.25, -0.2) is 9.18 Å². The van der Waals surface area contributed by atoms with Gasteiger partial charge in [-0.2, -0.15) is 0 Å². The lowest BCUT2D eigenvalue weighted by atomic mass is 10.4. The number of nitrogens with zero attached hydrogens (tertiary/aromatic N) is 2. The number of hydrogen-bond donors (Lipinski definition) is 1. The number of halogens is 1. The molecule has 0 aliphatic carbocycles. The summed E-state index contributed by atoms with van der Waals surface area (Å²) < 4.78 is 17.9. The number of nitrogens with one attached hydrogen (secondary N) is 1. The molecule has 6 heteroatoms. The SMILES string of the molecule is O=C(Nc1cncc(F)c1)N1CCOCC1. The minimum absolute atomic E-state index is 0.254. The van der Waals surface area contributed by atoms with Gasteiger partial charge in [0, 0.05) is 19.2 Å². The average Bonchev–Trinajstić information content (AvgIpc) is 2.30. The summed E-state index contributed by atoms with van der Waals surface area (Å²) in [5.74, 6) is -0.472. The molecule has 1 aliphatic rings. The Hall–Kier alpha value is -1.69. The van der Waals surface area contributed by atoms with Crippen LogP contribution in [-0.2, 0) is 4.74 Å². The summed E-state index contributed by atoms with van der Waals surface area (Å²) >= 11 is 0. The standard InChI is InChI=1S/C10H12FN3O2/c11-8-5-9(7-12-6-8)13-10(15)14-1-3-16-4-2-14/h5-7H,1-4H2,(H,13,15). The first-order chi connectivity index (χ1) is 7.75. The highest BCUT2D eigenvalue weighted by Gasteiger charge is 2.16. The number of pyridine rings is 1. The van der Waals surface area contributed by atoms with E-state index in [1.165, 1.54) is 12.3 Å². The van der Waals surface area contributed by atoms with Gasteiger partial charge in [-0.05, 0) is 0 Å². The van der Waals surface area contributed by atoms with Gasteiger partial charge < -0.3 is 15.0 Å². The fraction of sp³-hybridized carbons (Fsp3) is 0.400. The van der Waals surface area contributed by atoms with Crippen molar-refractivity contribution in [1.82, 2.24) is 9.88 Å². The Balaban J connectivity index is 1.96. The van der Waals surface area contributed by atoms with E-state index in [2.05, 4.69) is 10.3 Å². The van der Waals surface area contributed by atoms with Gasteiger partial charge in [0.15, 0.2) is 0 Å². The Morgan fingerprint density at radius 3 is 2.88 bits per heavy atom. The van der Waals surface area contributed by atoms with E-state index in [0.717, 1.165) is 6.20 Å². The molecule has 0 unspecified atom stereocenters. The number of hydrogen-bond acceptors (Lipinski definition) is 3. The van der Waals surface area contributed by atoms with Crippen molar-refractivity contribution in [2.75, 3.05) is 31.6 Å². The summed E-state index contributed by atoms with van der Waals surface area (Å²) in [5.41, 5.74) is 0.358. The van der Waals surface area contributed by atoms with E-state index in [4.69, 9.17) is 4.74 Å². The molecule has 0 radical (unpaired) electrons. The lowest BCUT2D eigenvalue weighted by molar-refractivity contribution is 0.0564. The van der Waals surface area contributed by atoms with Crippen molar-refractivity contribution in [3.05, 3.63) is 24.3 Å². The highest BCUT2D eigenvalue weighted by Crippen LogP contribution is 2.08. The van der Waals surface area contributed by atoms with E-state index < -0.39 is 5.82 Å². The van der Waals surface area contributed by atoms with Gasteiger partial charge in [-0.15, -0.1) is 0 Å². The number of aromatic nitrogens is 1. The molecule has 16 heavy (non-hydrogen) atoms. The molecule has 2 heterocycles. The van der Waals surface area contributed by atoms with E-state index in [0.29, 0.717) is 32.0 Å². The summed E-state index contributed by atoms with van der Waals surface area (Å²) in [6, 6.07) is 0.974. The van der Waals surface area contributed by atoms with Crippen LogP contribution in [0.2, 0.25) is 0 Å². The molecule has 0 spiro atoms. The minimum atomic E-state index is -0.472. The number of rotatable bonds is 1. The zero-order valence-electron chi connectivity index (χ0n) is 8.65. The lowest BCUT2D eigenvalue weighted by Crippen LogP contribution is -2.43. The molecule has 0 bridgehead atoms. The maximum Gasteiger partial charge on any atom is 0.322 e. The van der Waals surface area contributed by atoms with Gasteiger partial charge in [-0.1, -0.05) is 0 Å². The maximum absolute atomic E-state index is 12.8. The second kappa shape index (κ2) is 4.89. The van der Waals surface area contributed by atoms with Crippen LogP contribution in [0.1, 0.15) is 0 Å². The van der Waals surface area contributed by atoms with Gasteiger partial charge in [0.1, 0.15) is 5.82 Å². The molecule has 1 fully saturated rings. The van der Waals surface area contributed by atoms with E-state index in [9.17, 15) is 9.18 Å². The van der Waals surface area contributed by atoms with Crippen molar-refractivity contribution in [1.29, 1.82) is 0 Å². The lowest BCUT2D eigenvalue weighted by Gasteiger charge is -2.26. The van der Waals surface area contributed by atoms with Crippen molar-refractivity contribution < 1.29 is 13.9 Å². The van der Waals surface area contributed by atoms with Gasteiger partial charge in [0.25, 0.3) is 0 Å². The predicted octanol–water partition coefficient (Wildman–Crippen LogP) is 1.08. The third kappa shape index (κ3) is 2.66.